The molecule has 0 aromatic heterocycles. The summed E-state index contributed by atoms with van der Waals surface area (Å²) in [5.41, 5.74) is -2.16. The number of sulfonamides is 1. The number of carboxylic acids is 1. The predicted octanol–water partition coefficient (Wildman–Crippen LogP) is 0.563. The molecular formula is C10H12BrNO5S. The van der Waals surface area contributed by atoms with Gasteiger partial charge in [-0.3, -0.25) is 0 Å². The van der Waals surface area contributed by atoms with Gasteiger partial charge in [-0.15, -0.1) is 0 Å². The Morgan fingerprint density at radius 1 is 1.44 bits per heavy atom. The van der Waals surface area contributed by atoms with Gasteiger partial charge < -0.3 is 10.2 Å². The van der Waals surface area contributed by atoms with E-state index in [1.165, 1.54) is 12.1 Å². The number of benzene rings is 1. The van der Waals surface area contributed by atoms with Crippen LogP contribution in [0.2, 0.25) is 0 Å². The Hall–Kier alpha value is -0.960. The highest BCUT2D eigenvalue weighted by Crippen LogP contribution is 2.21. The summed E-state index contributed by atoms with van der Waals surface area (Å²) in [6.07, 6.45) is 0. The molecule has 1 rings (SSSR count). The Labute approximate surface area is 113 Å². The van der Waals surface area contributed by atoms with Gasteiger partial charge in [-0.25, -0.2) is 17.9 Å². The van der Waals surface area contributed by atoms with E-state index in [1.807, 2.05) is 4.72 Å². The molecule has 1 atom stereocenters. The second-order valence-electron chi connectivity index (χ2n) is 3.83. The largest absolute Gasteiger partial charge is 0.479 e. The minimum atomic E-state index is -3.88. The van der Waals surface area contributed by atoms with Crippen molar-refractivity contribution in [2.45, 2.75) is 17.4 Å². The molecule has 3 N–H and O–H groups in total. The number of nitrogens with one attached hydrogen (secondary N) is 1. The fraction of sp³-hybridized carbons (Fsp3) is 0.300. The van der Waals surface area contributed by atoms with E-state index >= 15 is 0 Å². The third kappa shape index (κ3) is 3.52. The average molecular weight is 338 g/mol. The fourth-order valence-corrected chi connectivity index (χ4v) is 3.18. The smallest absolute Gasteiger partial charge is 0.336 e. The van der Waals surface area contributed by atoms with E-state index in [9.17, 15) is 18.3 Å². The first-order valence-corrected chi connectivity index (χ1v) is 7.14. The molecular weight excluding hydrogens is 326 g/mol. The van der Waals surface area contributed by atoms with E-state index < -0.39 is 28.1 Å². The summed E-state index contributed by atoms with van der Waals surface area (Å²) < 4.78 is 26.2. The molecule has 0 spiro atoms. The Morgan fingerprint density at radius 3 is 2.50 bits per heavy atom. The highest BCUT2D eigenvalue weighted by Gasteiger charge is 2.32. The number of halogens is 1. The second-order valence-corrected chi connectivity index (χ2v) is 6.42. The lowest BCUT2D eigenvalue weighted by atomic mass is 10.1. The highest BCUT2D eigenvalue weighted by atomic mass is 79.9. The van der Waals surface area contributed by atoms with Gasteiger partial charge in [0.05, 0.1) is 11.4 Å². The van der Waals surface area contributed by atoms with Crippen LogP contribution in [0.5, 0.6) is 0 Å². The molecule has 6 nitrogen and oxygen atoms in total. The zero-order valence-corrected chi connectivity index (χ0v) is 11.8. The van der Waals surface area contributed by atoms with E-state index in [4.69, 9.17) is 5.11 Å². The van der Waals surface area contributed by atoms with Gasteiger partial charge in [0, 0.05) is 4.47 Å². The minimum absolute atomic E-state index is 0.0220. The first-order valence-electron chi connectivity index (χ1n) is 4.87. The van der Waals surface area contributed by atoms with Gasteiger partial charge in [0.1, 0.15) is 0 Å². The van der Waals surface area contributed by atoms with Crippen LogP contribution in [-0.4, -0.2) is 36.7 Å². The van der Waals surface area contributed by atoms with E-state index in [1.54, 1.807) is 12.1 Å². The van der Waals surface area contributed by atoms with Crippen molar-refractivity contribution in [3.63, 3.8) is 0 Å². The molecule has 18 heavy (non-hydrogen) atoms. The molecule has 1 aromatic carbocycles. The summed E-state index contributed by atoms with van der Waals surface area (Å²) in [4.78, 5) is 10.6. The number of carboxylic acid groups (broad SMARTS) is 1. The highest BCUT2D eigenvalue weighted by molar-refractivity contribution is 9.10. The van der Waals surface area contributed by atoms with Crippen molar-refractivity contribution < 1.29 is 23.4 Å². The first kappa shape index (κ1) is 15.1. The molecule has 100 valence electrons. The first-order chi connectivity index (χ1) is 8.17. The van der Waals surface area contributed by atoms with Crippen molar-refractivity contribution in [3.05, 3.63) is 28.7 Å². The monoisotopic (exact) mass is 337 g/mol. The van der Waals surface area contributed by atoms with Crippen LogP contribution in [0.4, 0.5) is 0 Å². The summed E-state index contributed by atoms with van der Waals surface area (Å²) in [5.74, 6) is -1.50. The van der Waals surface area contributed by atoms with Crippen LogP contribution in [0.3, 0.4) is 0 Å². The zero-order chi connectivity index (χ0) is 14.0. The van der Waals surface area contributed by atoms with Gasteiger partial charge in [0.2, 0.25) is 10.0 Å². The quantitative estimate of drug-likeness (QED) is 0.728. The maximum absolute atomic E-state index is 11.9. The Kier molecular flexibility index (Phi) is 4.49. The molecule has 1 unspecified atom stereocenters. The lowest BCUT2D eigenvalue weighted by Gasteiger charge is -2.18. The van der Waals surface area contributed by atoms with Gasteiger partial charge in [-0.1, -0.05) is 12.1 Å². The van der Waals surface area contributed by atoms with Crippen molar-refractivity contribution in [2.24, 2.45) is 0 Å². The normalized spacial score (nSPS) is 15.1. The van der Waals surface area contributed by atoms with Crippen LogP contribution in [0.1, 0.15) is 6.92 Å². The van der Waals surface area contributed by atoms with E-state index in [-0.39, 0.29) is 4.90 Å². The fourth-order valence-electron chi connectivity index (χ4n) is 1.05. The lowest BCUT2D eigenvalue weighted by Crippen LogP contribution is -2.46. The van der Waals surface area contributed by atoms with Crippen LogP contribution in [0.25, 0.3) is 0 Å². The van der Waals surface area contributed by atoms with Crippen molar-refractivity contribution in [3.8, 4) is 0 Å². The summed E-state index contributed by atoms with van der Waals surface area (Å²) in [7, 11) is -3.88. The number of hydrogen-bond donors (Lipinski definition) is 3. The number of carbonyl (C=O) groups is 1. The minimum Gasteiger partial charge on any atom is -0.479 e. The van der Waals surface area contributed by atoms with E-state index in [2.05, 4.69) is 15.9 Å². The van der Waals surface area contributed by atoms with Gasteiger partial charge in [-0.2, -0.15) is 0 Å². The Bertz CT molecular complexity index is 555. The molecule has 8 heteroatoms. The maximum Gasteiger partial charge on any atom is 0.336 e. The van der Waals surface area contributed by atoms with Gasteiger partial charge in [0.15, 0.2) is 5.60 Å². The number of hydrogen-bond acceptors (Lipinski definition) is 4. The molecule has 0 aliphatic rings. The Morgan fingerprint density at radius 2 is 2.00 bits per heavy atom. The van der Waals surface area contributed by atoms with Crippen molar-refractivity contribution >= 4 is 31.9 Å². The third-order valence-electron chi connectivity index (χ3n) is 2.19. The molecule has 0 radical (unpaired) electrons. The summed E-state index contributed by atoms with van der Waals surface area (Å²) >= 11 is 3.08. The molecule has 0 aliphatic heterocycles. The molecule has 0 saturated heterocycles. The summed E-state index contributed by atoms with van der Waals surface area (Å²) in [6, 6.07) is 6.09. The SMILES string of the molecule is CC(O)(CNS(=O)(=O)c1ccccc1Br)C(=O)O. The zero-order valence-electron chi connectivity index (χ0n) is 9.42. The van der Waals surface area contributed by atoms with Crippen LogP contribution in [0.15, 0.2) is 33.6 Å². The molecule has 0 bridgehead atoms. The van der Waals surface area contributed by atoms with Gasteiger partial charge >= 0.3 is 5.97 Å². The second kappa shape index (κ2) is 5.35. The van der Waals surface area contributed by atoms with Crippen molar-refractivity contribution in [1.29, 1.82) is 0 Å². The molecule has 1 aromatic rings. The Balaban J connectivity index is 2.92. The average Bonchev–Trinajstić information content (AvgIpc) is 2.27. The van der Waals surface area contributed by atoms with Crippen molar-refractivity contribution in [2.75, 3.05) is 6.54 Å². The van der Waals surface area contributed by atoms with Crippen LogP contribution in [0, 0.1) is 0 Å². The summed E-state index contributed by atoms with van der Waals surface area (Å²) in [5, 5.41) is 18.1. The number of rotatable bonds is 5. The molecule has 0 saturated carbocycles. The van der Waals surface area contributed by atoms with Gasteiger partial charge in [-0.05, 0) is 35.0 Å². The third-order valence-corrected chi connectivity index (χ3v) is 4.61. The lowest BCUT2D eigenvalue weighted by molar-refractivity contribution is -0.155. The van der Waals surface area contributed by atoms with E-state index in [0.717, 1.165) is 6.92 Å². The van der Waals surface area contributed by atoms with Crippen molar-refractivity contribution in [1.82, 2.24) is 4.72 Å². The van der Waals surface area contributed by atoms with Crippen LogP contribution in [-0.2, 0) is 14.8 Å². The summed E-state index contributed by atoms with van der Waals surface area (Å²) in [6.45, 7) is 0.393. The van der Waals surface area contributed by atoms with Gasteiger partial charge in [0.25, 0.3) is 0 Å². The topological polar surface area (TPSA) is 104 Å². The molecule has 0 aliphatic carbocycles. The standard InChI is InChI=1S/C10H12BrNO5S/c1-10(15,9(13)14)6-12-18(16,17)8-5-3-2-4-7(8)11/h2-5,12,15H,6H2,1H3,(H,13,14). The number of aliphatic carboxylic acids is 1. The van der Waals surface area contributed by atoms with Crippen LogP contribution < -0.4 is 4.72 Å². The molecule has 0 heterocycles. The molecule has 0 fully saturated rings. The predicted molar refractivity (Wildman–Crippen MR) is 67.6 cm³/mol. The van der Waals surface area contributed by atoms with Crippen LogP contribution >= 0.6 is 15.9 Å². The number of aliphatic hydroxyl groups is 1. The van der Waals surface area contributed by atoms with E-state index in [0.29, 0.717) is 4.47 Å². The maximum atomic E-state index is 11.9. The molecule has 0 amide bonds.